The van der Waals surface area contributed by atoms with Crippen LogP contribution in [0.5, 0.6) is 0 Å². The fraction of sp³-hybridized carbons (Fsp3) is 0.486. The molecule has 2 heterocycles. The number of hydrogen-bond acceptors (Lipinski definition) is 5. The van der Waals surface area contributed by atoms with Crippen LogP contribution in [0.2, 0.25) is 0 Å². The molecule has 1 saturated heterocycles. The van der Waals surface area contributed by atoms with Crippen molar-refractivity contribution in [1.82, 2.24) is 19.4 Å². The topological polar surface area (TPSA) is 92.3 Å². The van der Waals surface area contributed by atoms with Gasteiger partial charge >= 0.3 is 6.09 Å². The van der Waals surface area contributed by atoms with Crippen LogP contribution in [0.3, 0.4) is 0 Å². The molecule has 3 atom stereocenters. The quantitative estimate of drug-likeness (QED) is 0.337. The number of amides is 2. The molecule has 9 nitrogen and oxygen atoms in total. The van der Waals surface area contributed by atoms with Gasteiger partial charge in [0.15, 0.2) is 5.69 Å². The fourth-order valence-corrected chi connectivity index (χ4v) is 6.59. The van der Waals surface area contributed by atoms with Crippen LogP contribution in [0.1, 0.15) is 75.0 Å². The minimum Gasteiger partial charge on any atom is -0.444 e. The lowest BCUT2D eigenvalue weighted by Gasteiger charge is -2.42. The fourth-order valence-electron chi connectivity index (χ4n) is 6.59. The molecule has 5 rings (SSSR count). The molecule has 2 fully saturated rings. The number of piperazine rings is 1. The van der Waals surface area contributed by atoms with Crippen molar-refractivity contribution in [3.8, 4) is 11.3 Å². The van der Waals surface area contributed by atoms with Gasteiger partial charge < -0.3 is 29.1 Å². The maximum absolute atomic E-state index is 14.5. The number of benzene rings is 2. The molecule has 2 aromatic carbocycles. The Labute approximate surface area is 260 Å². The highest BCUT2D eigenvalue weighted by atomic mass is 16.6. The second-order valence-electron chi connectivity index (χ2n) is 13.0. The summed E-state index contributed by atoms with van der Waals surface area (Å²) in [7, 11) is 0. The van der Waals surface area contributed by atoms with Gasteiger partial charge in [0, 0.05) is 25.2 Å². The van der Waals surface area contributed by atoms with Gasteiger partial charge in [-0.3, -0.25) is 4.79 Å². The van der Waals surface area contributed by atoms with Crippen LogP contribution in [0, 0.1) is 6.57 Å². The minimum atomic E-state index is -1.05. The van der Waals surface area contributed by atoms with E-state index in [1.807, 2.05) is 90.9 Å². The third-order valence-corrected chi connectivity index (χ3v) is 8.70. The molecule has 3 aromatic rings. The zero-order chi connectivity index (χ0) is 31.3. The third-order valence-electron chi connectivity index (χ3n) is 8.70. The second kappa shape index (κ2) is 13.2. The molecule has 44 heavy (non-hydrogen) atoms. The maximum atomic E-state index is 14.5. The first-order chi connectivity index (χ1) is 21.1. The Kier molecular flexibility index (Phi) is 9.40. The van der Waals surface area contributed by atoms with Crippen LogP contribution < -0.4 is 0 Å². The third kappa shape index (κ3) is 6.97. The number of carbonyl (C=O) groups is 2. The van der Waals surface area contributed by atoms with Crippen molar-refractivity contribution in [3.05, 3.63) is 89.7 Å². The second-order valence-corrected chi connectivity index (χ2v) is 13.0. The van der Waals surface area contributed by atoms with E-state index in [0.29, 0.717) is 50.3 Å². The summed E-state index contributed by atoms with van der Waals surface area (Å²) in [5, 5.41) is 11.8. The van der Waals surface area contributed by atoms with Gasteiger partial charge in [-0.25, -0.2) is 16.4 Å². The molecule has 2 unspecified atom stereocenters. The Morgan fingerprint density at radius 2 is 1.77 bits per heavy atom. The van der Waals surface area contributed by atoms with Crippen molar-refractivity contribution in [3.63, 3.8) is 0 Å². The molecule has 1 N–H and O–H groups in total. The minimum absolute atomic E-state index is 0.201. The molecule has 0 bridgehead atoms. The van der Waals surface area contributed by atoms with Crippen LogP contribution >= 0.6 is 0 Å². The maximum Gasteiger partial charge on any atom is 0.410 e. The van der Waals surface area contributed by atoms with Crippen LogP contribution in [0.4, 0.5) is 4.79 Å². The SMILES string of the molecule is [C-]#[N+]CCC1(O)CCCCC1n1cnc(C(=O)N2CCN(C(=O)OC(C)(C)C)C[C@H]2Cc2ccccc2)c1-c1ccccc1. The summed E-state index contributed by atoms with van der Waals surface area (Å²) in [5.74, 6) is -0.201. The average Bonchev–Trinajstić information content (AvgIpc) is 3.45. The predicted octanol–water partition coefficient (Wildman–Crippen LogP) is 6.01. The number of rotatable bonds is 7. The van der Waals surface area contributed by atoms with Crippen LogP contribution in [-0.4, -0.2) is 79.9 Å². The molecule has 0 spiro atoms. The molecule has 0 radical (unpaired) electrons. The van der Waals surface area contributed by atoms with E-state index in [1.165, 1.54) is 0 Å². The Morgan fingerprint density at radius 1 is 1.07 bits per heavy atom. The largest absolute Gasteiger partial charge is 0.444 e. The van der Waals surface area contributed by atoms with Gasteiger partial charge in [-0.2, -0.15) is 0 Å². The van der Waals surface area contributed by atoms with Gasteiger partial charge in [-0.15, -0.1) is 0 Å². The molecular formula is C35H43N5O4. The zero-order valence-corrected chi connectivity index (χ0v) is 26.0. The van der Waals surface area contributed by atoms with E-state index in [1.54, 1.807) is 11.2 Å². The first-order valence-electron chi connectivity index (χ1n) is 15.6. The van der Waals surface area contributed by atoms with Crippen molar-refractivity contribution >= 4 is 12.0 Å². The molecular weight excluding hydrogens is 554 g/mol. The number of imidazole rings is 1. The van der Waals surface area contributed by atoms with E-state index in [4.69, 9.17) is 16.3 Å². The summed E-state index contributed by atoms with van der Waals surface area (Å²) in [6.07, 6.45) is 5.46. The summed E-state index contributed by atoms with van der Waals surface area (Å²) in [4.78, 5) is 39.4. The Bertz CT molecular complexity index is 1480. The molecule has 1 saturated carbocycles. The van der Waals surface area contributed by atoms with Crippen molar-refractivity contribution in [2.24, 2.45) is 0 Å². The number of aliphatic hydroxyl groups is 1. The van der Waals surface area contributed by atoms with Crippen molar-refractivity contribution < 1.29 is 19.4 Å². The van der Waals surface area contributed by atoms with Gasteiger partial charge in [0.2, 0.25) is 6.54 Å². The van der Waals surface area contributed by atoms with Gasteiger partial charge in [0.25, 0.3) is 5.91 Å². The van der Waals surface area contributed by atoms with Crippen LogP contribution in [0.25, 0.3) is 16.1 Å². The van der Waals surface area contributed by atoms with E-state index in [-0.39, 0.29) is 30.6 Å². The Hall–Kier alpha value is -4.16. The van der Waals surface area contributed by atoms with E-state index in [2.05, 4.69) is 4.85 Å². The van der Waals surface area contributed by atoms with Crippen molar-refractivity contribution in [2.75, 3.05) is 26.2 Å². The van der Waals surface area contributed by atoms with Crippen molar-refractivity contribution in [1.29, 1.82) is 0 Å². The van der Waals surface area contributed by atoms with Crippen LogP contribution in [0.15, 0.2) is 67.0 Å². The number of ether oxygens (including phenoxy) is 1. The number of carbonyl (C=O) groups excluding carboxylic acids is 2. The summed E-state index contributed by atoms with van der Waals surface area (Å²) in [6.45, 7) is 14.2. The standard InChI is InChI=1S/C35H43N5O4/c1-34(2,3)44-33(42)38-21-22-39(28(24-38)23-26-13-7-5-8-14-26)32(41)30-31(27-15-9-6-10-16-27)40(25-37-30)29-17-11-12-18-35(29,43)19-20-36-4/h5-10,13-16,25,28-29,43H,11-12,17-24H2,1-3H3/t28-,29?,35?/m1/s1. The Balaban J connectivity index is 1.51. The smallest absolute Gasteiger partial charge is 0.410 e. The molecule has 1 aliphatic carbocycles. The number of aromatic nitrogens is 2. The molecule has 1 aromatic heterocycles. The monoisotopic (exact) mass is 597 g/mol. The lowest BCUT2D eigenvalue weighted by Crippen LogP contribution is -2.58. The zero-order valence-electron chi connectivity index (χ0n) is 26.0. The highest BCUT2D eigenvalue weighted by Crippen LogP contribution is 2.42. The molecule has 1 aliphatic heterocycles. The lowest BCUT2D eigenvalue weighted by atomic mass is 9.77. The van der Waals surface area contributed by atoms with E-state index in [0.717, 1.165) is 30.4 Å². The van der Waals surface area contributed by atoms with Gasteiger partial charge in [-0.05, 0) is 45.6 Å². The van der Waals surface area contributed by atoms with Gasteiger partial charge in [0.05, 0.1) is 36.1 Å². The normalized spacial score (nSPS) is 22.3. The first kappa shape index (κ1) is 31.3. The lowest BCUT2D eigenvalue weighted by molar-refractivity contribution is -0.0444. The van der Waals surface area contributed by atoms with Gasteiger partial charge in [0.1, 0.15) is 5.60 Å². The van der Waals surface area contributed by atoms with E-state index < -0.39 is 11.2 Å². The summed E-state index contributed by atoms with van der Waals surface area (Å²) in [6, 6.07) is 19.1. The molecule has 9 heteroatoms. The predicted molar refractivity (Wildman–Crippen MR) is 169 cm³/mol. The van der Waals surface area contributed by atoms with E-state index in [9.17, 15) is 14.7 Å². The summed E-state index contributed by atoms with van der Waals surface area (Å²) < 4.78 is 7.66. The van der Waals surface area contributed by atoms with Gasteiger partial charge in [-0.1, -0.05) is 73.5 Å². The highest BCUT2D eigenvalue weighted by Gasteiger charge is 2.43. The average molecular weight is 598 g/mol. The summed E-state index contributed by atoms with van der Waals surface area (Å²) >= 11 is 0. The molecule has 2 amide bonds. The number of hydrogen-bond donors (Lipinski definition) is 1. The van der Waals surface area contributed by atoms with E-state index >= 15 is 0 Å². The molecule has 232 valence electrons. The first-order valence-corrected chi connectivity index (χ1v) is 15.6. The molecule has 2 aliphatic rings. The van der Waals surface area contributed by atoms with Crippen LogP contribution in [-0.2, 0) is 11.2 Å². The summed E-state index contributed by atoms with van der Waals surface area (Å²) in [5.41, 5.74) is 1.25. The Morgan fingerprint density at radius 3 is 2.45 bits per heavy atom. The van der Waals surface area contributed by atoms with Crippen molar-refractivity contribution in [2.45, 2.75) is 82.6 Å². The number of nitrogens with zero attached hydrogens (tertiary/aromatic N) is 5. The highest BCUT2D eigenvalue weighted by molar-refractivity contribution is 5.98.